The molecule has 2 rings (SSSR count). The molecular weight excluding hydrogens is 216 g/mol. The minimum Gasteiger partial charge on any atom is -0.334 e. The fourth-order valence-electron chi connectivity index (χ4n) is 1.91. The largest absolute Gasteiger partial charge is 0.334 e. The SMILES string of the molecule is CCC1CC(=O)N(c2ccc(C)cc2)C(=O)N1. The summed E-state index contributed by atoms with van der Waals surface area (Å²) in [6.07, 6.45) is 1.15. The van der Waals surface area contributed by atoms with Gasteiger partial charge >= 0.3 is 6.03 Å². The molecule has 1 saturated heterocycles. The number of amides is 3. The van der Waals surface area contributed by atoms with E-state index in [9.17, 15) is 9.59 Å². The molecule has 1 aliphatic rings. The minimum atomic E-state index is -0.322. The normalized spacial score (nSPS) is 20.4. The van der Waals surface area contributed by atoms with Crippen LogP contribution >= 0.6 is 0 Å². The van der Waals surface area contributed by atoms with Crippen LogP contribution in [0.3, 0.4) is 0 Å². The smallest absolute Gasteiger partial charge is 0.328 e. The lowest BCUT2D eigenvalue weighted by Gasteiger charge is -2.30. The second-order valence-electron chi connectivity index (χ2n) is 4.32. The van der Waals surface area contributed by atoms with E-state index in [0.717, 1.165) is 12.0 Å². The number of carbonyl (C=O) groups is 2. The Morgan fingerprint density at radius 2 is 1.94 bits per heavy atom. The van der Waals surface area contributed by atoms with Gasteiger partial charge in [-0.05, 0) is 25.5 Å². The number of anilines is 1. The Hall–Kier alpha value is -1.84. The van der Waals surface area contributed by atoms with Crippen molar-refractivity contribution in [3.8, 4) is 0 Å². The van der Waals surface area contributed by atoms with Crippen LogP contribution in [0, 0.1) is 6.92 Å². The van der Waals surface area contributed by atoms with Crippen molar-refractivity contribution < 1.29 is 9.59 Å². The minimum absolute atomic E-state index is 0.0308. The maximum atomic E-state index is 11.9. The number of hydrogen-bond donors (Lipinski definition) is 1. The highest BCUT2D eigenvalue weighted by atomic mass is 16.2. The van der Waals surface area contributed by atoms with Gasteiger partial charge < -0.3 is 5.32 Å². The van der Waals surface area contributed by atoms with Crippen LogP contribution in [0.2, 0.25) is 0 Å². The summed E-state index contributed by atoms with van der Waals surface area (Å²) in [5.41, 5.74) is 1.73. The van der Waals surface area contributed by atoms with Gasteiger partial charge in [0, 0.05) is 12.5 Å². The molecule has 90 valence electrons. The fraction of sp³-hybridized carbons (Fsp3) is 0.385. The average Bonchev–Trinajstić information content (AvgIpc) is 2.30. The summed E-state index contributed by atoms with van der Waals surface area (Å²) in [7, 11) is 0. The van der Waals surface area contributed by atoms with Gasteiger partial charge in [0.2, 0.25) is 5.91 Å². The van der Waals surface area contributed by atoms with Gasteiger partial charge in [-0.3, -0.25) is 4.79 Å². The Bertz CT molecular complexity index is 421. The van der Waals surface area contributed by atoms with Crippen LogP contribution in [0.15, 0.2) is 24.3 Å². The average molecular weight is 232 g/mol. The summed E-state index contributed by atoms with van der Waals surface area (Å²) in [4.78, 5) is 25.0. The van der Waals surface area contributed by atoms with Gasteiger partial charge in [-0.1, -0.05) is 24.6 Å². The van der Waals surface area contributed by atoms with Crippen molar-refractivity contribution in [3.05, 3.63) is 29.8 Å². The zero-order valence-corrected chi connectivity index (χ0v) is 10.1. The van der Waals surface area contributed by atoms with Gasteiger partial charge in [0.15, 0.2) is 0 Å². The summed E-state index contributed by atoms with van der Waals surface area (Å²) in [5, 5.41) is 2.83. The van der Waals surface area contributed by atoms with Crippen molar-refractivity contribution in [3.63, 3.8) is 0 Å². The van der Waals surface area contributed by atoms with Crippen LogP contribution in [0.25, 0.3) is 0 Å². The molecule has 17 heavy (non-hydrogen) atoms. The molecule has 4 nitrogen and oxygen atoms in total. The predicted octanol–water partition coefficient (Wildman–Crippen LogP) is 2.22. The summed E-state index contributed by atoms with van der Waals surface area (Å²) >= 11 is 0. The first-order chi connectivity index (χ1) is 8.11. The molecule has 1 aliphatic heterocycles. The van der Waals surface area contributed by atoms with Gasteiger partial charge in [-0.25, -0.2) is 9.69 Å². The molecule has 1 N–H and O–H groups in total. The van der Waals surface area contributed by atoms with Gasteiger partial charge in [0.25, 0.3) is 0 Å². The third kappa shape index (κ3) is 2.30. The second-order valence-corrected chi connectivity index (χ2v) is 4.32. The molecular formula is C13H16N2O2. The number of imide groups is 1. The topological polar surface area (TPSA) is 49.4 Å². The van der Waals surface area contributed by atoms with Gasteiger partial charge in [-0.2, -0.15) is 0 Å². The molecule has 0 spiro atoms. The van der Waals surface area contributed by atoms with Gasteiger partial charge in [-0.15, -0.1) is 0 Å². The first-order valence-corrected chi connectivity index (χ1v) is 5.82. The zero-order chi connectivity index (χ0) is 12.4. The molecule has 3 amide bonds. The summed E-state index contributed by atoms with van der Waals surface area (Å²) in [6, 6.07) is 7.01. The van der Waals surface area contributed by atoms with Crippen molar-refractivity contribution in [2.24, 2.45) is 0 Å². The lowest BCUT2D eigenvalue weighted by Crippen LogP contribution is -2.54. The number of carbonyl (C=O) groups excluding carboxylic acids is 2. The van der Waals surface area contributed by atoms with E-state index in [1.165, 1.54) is 4.90 Å². The Morgan fingerprint density at radius 3 is 2.47 bits per heavy atom. The maximum absolute atomic E-state index is 11.9. The number of nitrogens with one attached hydrogen (secondary N) is 1. The van der Waals surface area contributed by atoms with E-state index < -0.39 is 0 Å². The van der Waals surface area contributed by atoms with E-state index >= 15 is 0 Å². The zero-order valence-electron chi connectivity index (χ0n) is 10.1. The van der Waals surface area contributed by atoms with Crippen LogP contribution in [-0.4, -0.2) is 18.0 Å². The third-order valence-corrected chi connectivity index (χ3v) is 2.99. The van der Waals surface area contributed by atoms with E-state index in [2.05, 4.69) is 5.32 Å². The maximum Gasteiger partial charge on any atom is 0.328 e. The highest BCUT2D eigenvalue weighted by Crippen LogP contribution is 2.20. The van der Waals surface area contributed by atoms with Crippen molar-refractivity contribution in [2.75, 3.05) is 4.90 Å². The number of urea groups is 1. The lowest BCUT2D eigenvalue weighted by molar-refractivity contribution is -0.119. The number of nitrogens with zero attached hydrogens (tertiary/aromatic N) is 1. The van der Waals surface area contributed by atoms with Crippen molar-refractivity contribution in [1.29, 1.82) is 0 Å². The lowest BCUT2D eigenvalue weighted by atomic mass is 10.1. The molecule has 1 atom stereocenters. The summed E-state index contributed by atoms with van der Waals surface area (Å²) in [5.74, 6) is -0.135. The molecule has 1 heterocycles. The highest BCUT2D eigenvalue weighted by molar-refractivity contribution is 6.16. The monoisotopic (exact) mass is 232 g/mol. The van der Waals surface area contributed by atoms with Gasteiger partial charge in [0.05, 0.1) is 5.69 Å². The van der Waals surface area contributed by atoms with E-state index in [1.54, 1.807) is 12.1 Å². The summed E-state index contributed by atoms with van der Waals surface area (Å²) < 4.78 is 0. The molecule has 1 unspecified atom stereocenters. The first-order valence-electron chi connectivity index (χ1n) is 5.82. The van der Waals surface area contributed by atoms with E-state index in [-0.39, 0.29) is 18.0 Å². The number of aryl methyl sites for hydroxylation is 1. The summed E-state index contributed by atoms with van der Waals surface area (Å²) in [6.45, 7) is 3.93. The molecule has 0 bridgehead atoms. The van der Waals surface area contributed by atoms with Crippen LogP contribution in [0.1, 0.15) is 25.3 Å². The van der Waals surface area contributed by atoms with E-state index in [1.807, 2.05) is 26.0 Å². The molecule has 4 heteroatoms. The standard InChI is InChI=1S/C13H16N2O2/c1-3-10-8-12(16)15(13(17)14-10)11-6-4-9(2)5-7-11/h4-7,10H,3,8H2,1-2H3,(H,14,17). The number of benzene rings is 1. The molecule has 1 fully saturated rings. The molecule has 0 aliphatic carbocycles. The van der Waals surface area contributed by atoms with E-state index in [4.69, 9.17) is 0 Å². The Labute approximate surface area is 101 Å². The van der Waals surface area contributed by atoms with Gasteiger partial charge in [0.1, 0.15) is 0 Å². The predicted molar refractivity (Wildman–Crippen MR) is 65.9 cm³/mol. The molecule has 1 aromatic carbocycles. The van der Waals surface area contributed by atoms with Crippen molar-refractivity contribution in [1.82, 2.24) is 5.32 Å². The van der Waals surface area contributed by atoms with Crippen LogP contribution < -0.4 is 10.2 Å². The van der Waals surface area contributed by atoms with Crippen molar-refractivity contribution in [2.45, 2.75) is 32.7 Å². The Kier molecular flexibility index (Phi) is 3.13. The van der Waals surface area contributed by atoms with E-state index in [0.29, 0.717) is 12.1 Å². The Balaban J connectivity index is 2.24. The highest BCUT2D eigenvalue weighted by Gasteiger charge is 2.31. The first kappa shape index (κ1) is 11.6. The number of rotatable bonds is 2. The molecule has 0 radical (unpaired) electrons. The molecule has 0 saturated carbocycles. The quantitative estimate of drug-likeness (QED) is 0.850. The molecule has 1 aromatic rings. The number of hydrogen-bond acceptors (Lipinski definition) is 2. The fourth-order valence-corrected chi connectivity index (χ4v) is 1.91. The van der Waals surface area contributed by atoms with Crippen molar-refractivity contribution >= 4 is 17.6 Å². The van der Waals surface area contributed by atoms with Crippen LogP contribution in [-0.2, 0) is 4.79 Å². The third-order valence-electron chi connectivity index (χ3n) is 2.99. The Morgan fingerprint density at radius 1 is 1.29 bits per heavy atom. The second kappa shape index (κ2) is 4.57. The van der Waals surface area contributed by atoms with Crippen LogP contribution in [0.4, 0.5) is 10.5 Å². The molecule has 0 aromatic heterocycles. The van der Waals surface area contributed by atoms with Crippen LogP contribution in [0.5, 0.6) is 0 Å².